The molecule has 0 bridgehead atoms. The molecule has 0 fully saturated rings. The molecule has 0 aliphatic rings. The molecule has 0 heterocycles. The van der Waals surface area contributed by atoms with E-state index in [1.165, 1.54) is 0 Å². The van der Waals surface area contributed by atoms with Gasteiger partial charge in [-0.3, -0.25) is 0 Å². The number of anilines is 1. The number of carbonyl (C=O) groups excluding carboxylic acids is 1. The van der Waals surface area contributed by atoms with Gasteiger partial charge in [0.05, 0.1) is 12.6 Å². The van der Waals surface area contributed by atoms with Crippen LogP contribution in [-0.4, -0.2) is 23.8 Å². The van der Waals surface area contributed by atoms with Crippen LogP contribution < -0.4 is 10.6 Å². The molecule has 0 aliphatic carbocycles. The molecule has 0 spiro atoms. The monoisotopic (exact) mass is 242 g/mol. The summed E-state index contributed by atoms with van der Waals surface area (Å²) in [6, 6.07) is 4.63. The van der Waals surface area contributed by atoms with Gasteiger partial charge >= 0.3 is 6.03 Å². The highest BCUT2D eigenvalue weighted by atomic mass is 35.5. The molecular weight excluding hydrogens is 228 g/mol. The van der Waals surface area contributed by atoms with Crippen LogP contribution in [0.5, 0.6) is 0 Å². The molecule has 1 aromatic rings. The second-order valence-corrected chi connectivity index (χ2v) is 4.08. The number of hydrogen-bond acceptors (Lipinski definition) is 2. The average molecular weight is 243 g/mol. The van der Waals surface area contributed by atoms with E-state index in [1.54, 1.807) is 19.1 Å². The Morgan fingerprint density at radius 1 is 1.56 bits per heavy atom. The molecule has 1 rings (SSSR count). The van der Waals surface area contributed by atoms with Crippen LogP contribution in [0.3, 0.4) is 0 Å². The Morgan fingerprint density at radius 3 is 2.88 bits per heavy atom. The molecule has 5 heteroatoms. The first kappa shape index (κ1) is 12.8. The highest BCUT2D eigenvalue weighted by molar-refractivity contribution is 6.31. The smallest absolute Gasteiger partial charge is 0.319 e. The zero-order valence-electron chi connectivity index (χ0n) is 9.25. The van der Waals surface area contributed by atoms with Gasteiger partial charge in [0.25, 0.3) is 0 Å². The summed E-state index contributed by atoms with van der Waals surface area (Å²) < 4.78 is 0. The van der Waals surface area contributed by atoms with E-state index >= 15 is 0 Å². The summed E-state index contributed by atoms with van der Waals surface area (Å²) in [7, 11) is 0. The summed E-state index contributed by atoms with van der Waals surface area (Å²) in [5.74, 6) is 0. The van der Waals surface area contributed by atoms with Gasteiger partial charge in [-0.15, -0.1) is 0 Å². The standard InChI is InChI=1S/C11H15ClN2O2/c1-7-3-4-9(12)5-10(7)14-11(16)13-8(2)6-15/h3-5,8,15H,6H2,1-2H3,(H2,13,14,16). The molecule has 1 unspecified atom stereocenters. The van der Waals surface area contributed by atoms with Crippen molar-refractivity contribution in [2.24, 2.45) is 0 Å². The van der Waals surface area contributed by atoms with Crippen LogP contribution in [0.4, 0.5) is 10.5 Å². The number of amides is 2. The van der Waals surface area contributed by atoms with E-state index in [1.807, 2.05) is 13.0 Å². The van der Waals surface area contributed by atoms with Crippen LogP contribution in [0.1, 0.15) is 12.5 Å². The molecule has 0 radical (unpaired) electrons. The minimum atomic E-state index is -0.355. The molecule has 1 atom stereocenters. The van der Waals surface area contributed by atoms with Crippen molar-refractivity contribution in [1.29, 1.82) is 0 Å². The molecule has 88 valence electrons. The summed E-state index contributed by atoms with van der Waals surface area (Å²) in [5, 5.41) is 14.6. The van der Waals surface area contributed by atoms with Gasteiger partial charge in [-0.1, -0.05) is 17.7 Å². The number of hydrogen-bond donors (Lipinski definition) is 3. The summed E-state index contributed by atoms with van der Waals surface area (Å²) in [6.45, 7) is 3.49. The van der Waals surface area contributed by atoms with E-state index < -0.39 is 0 Å². The fourth-order valence-electron chi connectivity index (χ4n) is 1.16. The quantitative estimate of drug-likeness (QED) is 0.761. The molecule has 4 nitrogen and oxygen atoms in total. The minimum Gasteiger partial charge on any atom is -0.394 e. The second-order valence-electron chi connectivity index (χ2n) is 3.64. The molecule has 0 saturated carbocycles. The second kappa shape index (κ2) is 5.72. The predicted molar refractivity (Wildman–Crippen MR) is 64.9 cm³/mol. The van der Waals surface area contributed by atoms with Crippen LogP contribution in [0.2, 0.25) is 5.02 Å². The summed E-state index contributed by atoms with van der Waals surface area (Å²) in [5.41, 5.74) is 1.59. The van der Waals surface area contributed by atoms with Crippen molar-refractivity contribution in [2.75, 3.05) is 11.9 Å². The van der Waals surface area contributed by atoms with Gasteiger partial charge < -0.3 is 15.7 Å². The number of halogens is 1. The summed E-state index contributed by atoms with van der Waals surface area (Å²) in [4.78, 5) is 11.5. The lowest BCUT2D eigenvalue weighted by Crippen LogP contribution is -2.38. The van der Waals surface area contributed by atoms with Gasteiger partial charge in [0.15, 0.2) is 0 Å². The number of aliphatic hydroxyl groups excluding tert-OH is 1. The van der Waals surface area contributed by atoms with Crippen molar-refractivity contribution in [3.63, 3.8) is 0 Å². The Balaban J connectivity index is 2.65. The van der Waals surface area contributed by atoms with Gasteiger partial charge in [-0.05, 0) is 31.5 Å². The van der Waals surface area contributed by atoms with Crippen molar-refractivity contribution in [3.8, 4) is 0 Å². The third-order valence-electron chi connectivity index (χ3n) is 2.10. The molecule has 16 heavy (non-hydrogen) atoms. The maximum atomic E-state index is 11.5. The van der Waals surface area contributed by atoms with E-state index in [4.69, 9.17) is 16.7 Å². The number of nitrogens with one attached hydrogen (secondary N) is 2. The number of benzene rings is 1. The lowest BCUT2D eigenvalue weighted by Gasteiger charge is -2.13. The highest BCUT2D eigenvalue weighted by Gasteiger charge is 2.07. The predicted octanol–water partition coefficient (Wildman–Crippen LogP) is 2.15. The molecular formula is C11H15ClN2O2. The van der Waals surface area contributed by atoms with Crippen LogP contribution in [-0.2, 0) is 0 Å². The Labute approximate surface area is 99.6 Å². The number of urea groups is 1. The van der Waals surface area contributed by atoms with E-state index in [0.29, 0.717) is 10.7 Å². The number of aliphatic hydroxyl groups is 1. The first-order valence-electron chi connectivity index (χ1n) is 4.97. The van der Waals surface area contributed by atoms with Gasteiger partial charge in [0.2, 0.25) is 0 Å². The van der Waals surface area contributed by atoms with Crippen LogP contribution >= 0.6 is 11.6 Å². The third-order valence-corrected chi connectivity index (χ3v) is 2.33. The van der Waals surface area contributed by atoms with Crippen molar-refractivity contribution in [2.45, 2.75) is 19.9 Å². The Bertz CT molecular complexity index is 382. The largest absolute Gasteiger partial charge is 0.394 e. The van der Waals surface area contributed by atoms with Gasteiger partial charge in [-0.2, -0.15) is 0 Å². The van der Waals surface area contributed by atoms with Gasteiger partial charge in [0.1, 0.15) is 0 Å². The molecule has 0 aromatic heterocycles. The molecule has 0 aliphatic heterocycles. The van der Waals surface area contributed by atoms with E-state index in [0.717, 1.165) is 5.56 Å². The van der Waals surface area contributed by atoms with Crippen molar-refractivity contribution in [3.05, 3.63) is 28.8 Å². The highest BCUT2D eigenvalue weighted by Crippen LogP contribution is 2.19. The fraction of sp³-hybridized carbons (Fsp3) is 0.364. The SMILES string of the molecule is Cc1ccc(Cl)cc1NC(=O)NC(C)CO. The first-order chi connectivity index (χ1) is 7.52. The first-order valence-corrected chi connectivity index (χ1v) is 5.35. The van der Waals surface area contributed by atoms with Crippen LogP contribution in [0.25, 0.3) is 0 Å². The molecule has 3 N–H and O–H groups in total. The average Bonchev–Trinajstić information content (AvgIpc) is 2.23. The number of rotatable bonds is 3. The Hall–Kier alpha value is -1.26. The number of carbonyl (C=O) groups is 1. The summed E-state index contributed by atoms with van der Waals surface area (Å²) >= 11 is 5.82. The van der Waals surface area contributed by atoms with Crippen molar-refractivity contribution in [1.82, 2.24) is 5.32 Å². The fourth-order valence-corrected chi connectivity index (χ4v) is 1.33. The zero-order valence-corrected chi connectivity index (χ0v) is 10.0. The lowest BCUT2D eigenvalue weighted by atomic mass is 10.2. The molecule has 0 saturated heterocycles. The van der Waals surface area contributed by atoms with Gasteiger partial charge in [0, 0.05) is 10.7 Å². The topological polar surface area (TPSA) is 61.4 Å². The van der Waals surface area contributed by atoms with Crippen LogP contribution in [0, 0.1) is 6.92 Å². The van der Waals surface area contributed by atoms with Gasteiger partial charge in [-0.25, -0.2) is 4.79 Å². The lowest BCUT2D eigenvalue weighted by molar-refractivity contribution is 0.229. The van der Waals surface area contributed by atoms with E-state index in [-0.39, 0.29) is 18.7 Å². The van der Waals surface area contributed by atoms with E-state index in [2.05, 4.69) is 10.6 Å². The maximum absolute atomic E-state index is 11.5. The van der Waals surface area contributed by atoms with E-state index in [9.17, 15) is 4.79 Å². The minimum absolute atomic E-state index is 0.0953. The molecule has 1 aromatic carbocycles. The van der Waals surface area contributed by atoms with Crippen molar-refractivity contribution < 1.29 is 9.90 Å². The summed E-state index contributed by atoms with van der Waals surface area (Å²) in [6.07, 6.45) is 0. The Morgan fingerprint density at radius 2 is 2.25 bits per heavy atom. The number of aryl methyl sites for hydroxylation is 1. The van der Waals surface area contributed by atoms with Crippen LogP contribution in [0.15, 0.2) is 18.2 Å². The Kier molecular flexibility index (Phi) is 4.58. The van der Waals surface area contributed by atoms with Crippen molar-refractivity contribution >= 4 is 23.3 Å². The zero-order chi connectivity index (χ0) is 12.1. The normalized spacial score (nSPS) is 12.0. The molecule has 2 amide bonds. The maximum Gasteiger partial charge on any atom is 0.319 e. The third kappa shape index (κ3) is 3.72.